The van der Waals surface area contributed by atoms with Gasteiger partial charge in [0.1, 0.15) is 17.4 Å². The Morgan fingerprint density at radius 2 is 2.31 bits per heavy atom. The molecule has 0 spiro atoms. The van der Waals surface area contributed by atoms with Crippen LogP contribution in [0.25, 0.3) is 0 Å². The SMILES string of the molecule is Clc1cccc(OCc2nccs2)c1CBr. The number of rotatable bonds is 4. The Hall–Kier alpha value is -0.580. The second-order valence-corrected chi connectivity index (χ2v) is 5.01. The third kappa shape index (κ3) is 2.75. The molecule has 0 unspecified atom stereocenters. The van der Waals surface area contributed by atoms with E-state index in [-0.39, 0.29) is 0 Å². The lowest BCUT2D eigenvalue weighted by molar-refractivity contribution is 0.303. The molecule has 0 saturated heterocycles. The Labute approximate surface area is 111 Å². The lowest BCUT2D eigenvalue weighted by Crippen LogP contribution is -1.97. The maximum atomic E-state index is 6.07. The zero-order valence-corrected chi connectivity index (χ0v) is 11.5. The minimum atomic E-state index is 0.484. The number of hydrogen-bond donors (Lipinski definition) is 0. The quantitative estimate of drug-likeness (QED) is 0.785. The molecule has 2 rings (SSSR count). The molecule has 1 aromatic carbocycles. The maximum absolute atomic E-state index is 6.07. The molecular weight excluding hydrogens is 310 g/mol. The van der Waals surface area contributed by atoms with Crippen LogP contribution in [0.15, 0.2) is 29.8 Å². The molecule has 2 aromatic rings. The zero-order chi connectivity index (χ0) is 11.4. The van der Waals surface area contributed by atoms with Crippen molar-refractivity contribution in [2.24, 2.45) is 0 Å². The van der Waals surface area contributed by atoms with Gasteiger partial charge in [-0.15, -0.1) is 11.3 Å². The highest BCUT2D eigenvalue weighted by atomic mass is 79.9. The molecule has 0 radical (unpaired) electrons. The molecule has 0 N–H and O–H groups in total. The number of ether oxygens (including phenoxy) is 1. The van der Waals surface area contributed by atoms with Crippen LogP contribution in [0.5, 0.6) is 5.75 Å². The second kappa shape index (κ2) is 5.66. The summed E-state index contributed by atoms with van der Waals surface area (Å²) in [5, 5.41) is 4.29. The Morgan fingerprint density at radius 3 is 3.00 bits per heavy atom. The summed E-state index contributed by atoms with van der Waals surface area (Å²) in [6.45, 7) is 0.484. The van der Waals surface area contributed by atoms with Crippen LogP contribution < -0.4 is 4.74 Å². The van der Waals surface area contributed by atoms with Crippen LogP contribution in [0.2, 0.25) is 5.02 Å². The molecule has 16 heavy (non-hydrogen) atoms. The first-order chi connectivity index (χ1) is 7.81. The van der Waals surface area contributed by atoms with Gasteiger partial charge >= 0.3 is 0 Å². The molecule has 0 aliphatic rings. The third-order valence-electron chi connectivity index (χ3n) is 2.04. The first-order valence-corrected chi connectivity index (χ1v) is 7.03. The van der Waals surface area contributed by atoms with E-state index in [1.54, 1.807) is 17.5 Å². The van der Waals surface area contributed by atoms with Crippen LogP contribution in [0.1, 0.15) is 10.6 Å². The Kier molecular flexibility index (Phi) is 4.21. The fraction of sp³-hybridized carbons (Fsp3) is 0.182. The van der Waals surface area contributed by atoms with Gasteiger partial charge in [0.05, 0.1) is 0 Å². The molecule has 0 aliphatic carbocycles. The standard InChI is InChI=1S/C11H9BrClNOS/c12-6-8-9(13)2-1-3-10(8)15-7-11-14-4-5-16-11/h1-5H,6-7H2. The Morgan fingerprint density at radius 1 is 1.44 bits per heavy atom. The zero-order valence-electron chi connectivity index (χ0n) is 8.32. The summed E-state index contributed by atoms with van der Waals surface area (Å²) in [6.07, 6.45) is 1.77. The maximum Gasteiger partial charge on any atom is 0.140 e. The average Bonchev–Trinajstić information content (AvgIpc) is 2.79. The average molecular weight is 319 g/mol. The van der Waals surface area contributed by atoms with Gasteiger partial charge in [-0.1, -0.05) is 33.6 Å². The van der Waals surface area contributed by atoms with E-state index in [9.17, 15) is 0 Å². The van der Waals surface area contributed by atoms with Crippen molar-refractivity contribution in [2.75, 3.05) is 0 Å². The van der Waals surface area contributed by atoms with Crippen LogP contribution in [0, 0.1) is 0 Å². The molecular formula is C11H9BrClNOS. The molecule has 0 bridgehead atoms. The fourth-order valence-corrected chi connectivity index (χ4v) is 2.77. The van der Waals surface area contributed by atoms with Crippen LogP contribution in [-0.2, 0) is 11.9 Å². The predicted octanol–water partition coefficient (Wildman–Crippen LogP) is 4.27. The smallest absolute Gasteiger partial charge is 0.140 e. The fourth-order valence-electron chi connectivity index (χ4n) is 1.27. The molecule has 0 saturated carbocycles. The number of hydrogen-bond acceptors (Lipinski definition) is 3. The van der Waals surface area contributed by atoms with Gasteiger partial charge in [0.15, 0.2) is 0 Å². The summed E-state index contributed by atoms with van der Waals surface area (Å²) in [5.41, 5.74) is 0.973. The van der Waals surface area contributed by atoms with Gasteiger partial charge < -0.3 is 4.74 Å². The molecule has 0 amide bonds. The first-order valence-electron chi connectivity index (χ1n) is 4.66. The summed E-state index contributed by atoms with van der Waals surface area (Å²) < 4.78 is 5.69. The topological polar surface area (TPSA) is 22.1 Å². The second-order valence-electron chi connectivity index (χ2n) is 3.06. The van der Waals surface area contributed by atoms with Crippen molar-refractivity contribution >= 4 is 38.9 Å². The molecule has 0 fully saturated rings. The van der Waals surface area contributed by atoms with Gasteiger partial charge in [-0.2, -0.15) is 0 Å². The molecule has 84 valence electrons. The molecule has 5 heteroatoms. The predicted molar refractivity (Wildman–Crippen MR) is 70.5 cm³/mol. The molecule has 1 heterocycles. The number of alkyl halides is 1. The summed E-state index contributed by atoms with van der Waals surface area (Å²) in [7, 11) is 0. The highest BCUT2D eigenvalue weighted by Crippen LogP contribution is 2.29. The van der Waals surface area contributed by atoms with Crippen LogP contribution >= 0.6 is 38.9 Å². The first kappa shape index (κ1) is 11.9. The summed E-state index contributed by atoms with van der Waals surface area (Å²) in [5.74, 6) is 0.805. The van der Waals surface area contributed by atoms with Crippen molar-refractivity contribution < 1.29 is 4.74 Å². The van der Waals surface area contributed by atoms with Crippen molar-refractivity contribution in [1.29, 1.82) is 0 Å². The summed E-state index contributed by atoms with van der Waals surface area (Å²) in [4.78, 5) is 4.16. The van der Waals surface area contributed by atoms with E-state index >= 15 is 0 Å². The molecule has 0 atom stereocenters. The van der Waals surface area contributed by atoms with Gasteiger partial charge in [-0.25, -0.2) is 4.98 Å². The third-order valence-corrected chi connectivity index (χ3v) is 3.71. The van der Waals surface area contributed by atoms with E-state index in [0.29, 0.717) is 17.0 Å². The van der Waals surface area contributed by atoms with E-state index < -0.39 is 0 Å². The lowest BCUT2D eigenvalue weighted by Gasteiger charge is -2.09. The largest absolute Gasteiger partial charge is 0.486 e. The molecule has 2 nitrogen and oxygen atoms in total. The van der Waals surface area contributed by atoms with Gasteiger partial charge in [0, 0.05) is 27.5 Å². The minimum Gasteiger partial charge on any atom is -0.486 e. The van der Waals surface area contributed by atoms with Gasteiger partial charge in [-0.05, 0) is 12.1 Å². The highest BCUT2D eigenvalue weighted by Gasteiger charge is 2.07. The summed E-state index contributed by atoms with van der Waals surface area (Å²) >= 11 is 11.0. The van der Waals surface area contributed by atoms with Crippen LogP contribution in [0.4, 0.5) is 0 Å². The number of thiazole rings is 1. The van der Waals surface area contributed by atoms with Crippen molar-refractivity contribution in [3.05, 3.63) is 45.4 Å². The summed E-state index contributed by atoms with van der Waals surface area (Å²) in [6, 6.07) is 5.65. The van der Waals surface area contributed by atoms with Gasteiger partial charge in [0.25, 0.3) is 0 Å². The normalized spacial score (nSPS) is 10.4. The molecule has 1 aromatic heterocycles. The van der Waals surface area contributed by atoms with Gasteiger partial charge in [-0.3, -0.25) is 0 Å². The lowest BCUT2D eigenvalue weighted by atomic mass is 10.2. The van der Waals surface area contributed by atoms with Crippen molar-refractivity contribution in [3.63, 3.8) is 0 Å². The monoisotopic (exact) mass is 317 g/mol. The van der Waals surface area contributed by atoms with E-state index in [2.05, 4.69) is 20.9 Å². The van der Waals surface area contributed by atoms with Crippen molar-refractivity contribution in [1.82, 2.24) is 4.98 Å². The van der Waals surface area contributed by atoms with E-state index in [0.717, 1.165) is 16.3 Å². The van der Waals surface area contributed by atoms with Gasteiger partial charge in [0.2, 0.25) is 0 Å². The van der Waals surface area contributed by atoms with E-state index in [1.807, 2.05) is 23.6 Å². The Balaban J connectivity index is 2.12. The van der Waals surface area contributed by atoms with E-state index in [4.69, 9.17) is 16.3 Å². The van der Waals surface area contributed by atoms with Crippen LogP contribution in [0.3, 0.4) is 0 Å². The number of aromatic nitrogens is 1. The Bertz CT molecular complexity index is 461. The highest BCUT2D eigenvalue weighted by molar-refractivity contribution is 9.08. The molecule has 0 aliphatic heterocycles. The van der Waals surface area contributed by atoms with Crippen LogP contribution in [-0.4, -0.2) is 4.98 Å². The minimum absolute atomic E-state index is 0.484. The van der Waals surface area contributed by atoms with Crippen molar-refractivity contribution in [3.8, 4) is 5.75 Å². The number of halogens is 2. The van der Waals surface area contributed by atoms with Crippen molar-refractivity contribution in [2.45, 2.75) is 11.9 Å². The number of nitrogens with zero attached hydrogens (tertiary/aromatic N) is 1. The number of benzene rings is 1. The van der Waals surface area contributed by atoms with E-state index in [1.165, 1.54) is 0 Å².